The number of rotatable bonds is 3. The molecule has 0 bridgehead atoms. The first-order chi connectivity index (χ1) is 7.31. The zero-order valence-corrected chi connectivity index (χ0v) is 8.81. The van der Waals surface area contributed by atoms with Crippen LogP contribution < -0.4 is 10.9 Å². The van der Waals surface area contributed by atoms with E-state index in [2.05, 4.69) is 29.9 Å². The third kappa shape index (κ3) is 2.25. The maximum atomic E-state index is 10.9. The van der Waals surface area contributed by atoms with Crippen molar-refractivity contribution in [1.29, 1.82) is 0 Å². The van der Waals surface area contributed by atoms with Gasteiger partial charge in [0, 0.05) is 12.0 Å². The van der Waals surface area contributed by atoms with Crippen LogP contribution in [0, 0.1) is 5.92 Å². The number of nitrogens with one attached hydrogen (secondary N) is 2. The molecule has 0 amide bonds. The van der Waals surface area contributed by atoms with Crippen molar-refractivity contribution in [3.8, 4) is 0 Å². The molecule has 0 radical (unpaired) electrons. The van der Waals surface area contributed by atoms with Gasteiger partial charge in [-0.1, -0.05) is 30.3 Å². The molecule has 2 rings (SSSR count). The summed E-state index contributed by atoms with van der Waals surface area (Å²) in [6.07, 6.45) is 1.93. The molecule has 3 heteroatoms. The Hall–Kier alpha value is -1.19. The standard InChI is InChI=1S/C12H16N2O/c1-9-11(12(8-15)14-13-9)7-10-5-3-2-4-6-10/h2-6,8-9,11-14H,7H2,1H3. The third-order valence-electron chi connectivity index (χ3n) is 3.04. The molecular weight excluding hydrogens is 188 g/mol. The van der Waals surface area contributed by atoms with Gasteiger partial charge >= 0.3 is 0 Å². The van der Waals surface area contributed by atoms with Crippen LogP contribution in [0.25, 0.3) is 0 Å². The minimum atomic E-state index is -0.0693. The molecule has 2 N–H and O–H groups in total. The summed E-state index contributed by atoms with van der Waals surface area (Å²) in [6, 6.07) is 10.5. The Labute approximate surface area is 89.8 Å². The van der Waals surface area contributed by atoms with Gasteiger partial charge in [0.05, 0.1) is 6.04 Å². The Bertz CT molecular complexity index is 326. The van der Waals surface area contributed by atoms with E-state index in [1.165, 1.54) is 5.56 Å². The lowest BCUT2D eigenvalue weighted by molar-refractivity contribution is -0.110. The van der Waals surface area contributed by atoms with Gasteiger partial charge in [0.2, 0.25) is 0 Å². The predicted molar refractivity (Wildman–Crippen MR) is 59.2 cm³/mol. The highest BCUT2D eigenvalue weighted by molar-refractivity contribution is 5.59. The van der Waals surface area contributed by atoms with Gasteiger partial charge in [-0.2, -0.15) is 0 Å². The number of hydrogen-bond acceptors (Lipinski definition) is 3. The summed E-state index contributed by atoms with van der Waals surface area (Å²) in [6.45, 7) is 2.10. The lowest BCUT2D eigenvalue weighted by Gasteiger charge is -2.16. The van der Waals surface area contributed by atoms with E-state index in [0.29, 0.717) is 12.0 Å². The molecule has 1 heterocycles. The summed E-state index contributed by atoms with van der Waals surface area (Å²) in [4.78, 5) is 10.9. The van der Waals surface area contributed by atoms with Crippen LogP contribution >= 0.6 is 0 Å². The fourth-order valence-corrected chi connectivity index (χ4v) is 2.08. The first kappa shape index (κ1) is 10.3. The fourth-order valence-electron chi connectivity index (χ4n) is 2.08. The Morgan fingerprint density at radius 3 is 2.67 bits per heavy atom. The number of hydrogen-bond donors (Lipinski definition) is 2. The van der Waals surface area contributed by atoms with E-state index in [0.717, 1.165) is 12.7 Å². The normalized spacial score (nSPS) is 30.3. The Morgan fingerprint density at radius 2 is 2.00 bits per heavy atom. The zero-order chi connectivity index (χ0) is 10.7. The number of benzene rings is 1. The van der Waals surface area contributed by atoms with Gasteiger partial charge in [0.15, 0.2) is 0 Å². The van der Waals surface area contributed by atoms with Gasteiger partial charge in [0.1, 0.15) is 6.29 Å². The summed E-state index contributed by atoms with van der Waals surface area (Å²) in [7, 11) is 0. The van der Waals surface area contributed by atoms with E-state index in [1.54, 1.807) is 0 Å². The van der Waals surface area contributed by atoms with E-state index in [4.69, 9.17) is 0 Å². The lowest BCUT2D eigenvalue weighted by Crippen LogP contribution is -2.33. The molecular formula is C12H16N2O. The minimum Gasteiger partial charge on any atom is -0.302 e. The highest BCUT2D eigenvalue weighted by Gasteiger charge is 2.32. The van der Waals surface area contributed by atoms with E-state index in [9.17, 15) is 4.79 Å². The molecule has 3 unspecified atom stereocenters. The molecule has 3 atom stereocenters. The maximum absolute atomic E-state index is 10.9. The van der Waals surface area contributed by atoms with Crippen LogP contribution in [0.5, 0.6) is 0 Å². The van der Waals surface area contributed by atoms with Gasteiger partial charge in [0.25, 0.3) is 0 Å². The van der Waals surface area contributed by atoms with Gasteiger partial charge in [-0.05, 0) is 18.9 Å². The molecule has 1 aliphatic rings. The topological polar surface area (TPSA) is 41.1 Å². The molecule has 1 fully saturated rings. The second kappa shape index (κ2) is 4.55. The maximum Gasteiger partial charge on any atom is 0.138 e. The number of aldehydes is 1. The summed E-state index contributed by atoms with van der Waals surface area (Å²) < 4.78 is 0. The van der Waals surface area contributed by atoms with Gasteiger partial charge in [-0.15, -0.1) is 0 Å². The van der Waals surface area contributed by atoms with E-state index < -0.39 is 0 Å². The van der Waals surface area contributed by atoms with Crippen molar-refractivity contribution >= 4 is 6.29 Å². The van der Waals surface area contributed by atoms with Gasteiger partial charge in [-0.25, -0.2) is 5.43 Å². The van der Waals surface area contributed by atoms with E-state index in [-0.39, 0.29) is 6.04 Å². The average molecular weight is 204 g/mol. The summed E-state index contributed by atoms with van der Waals surface area (Å²) in [5.41, 5.74) is 7.40. The van der Waals surface area contributed by atoms with Gasteiger partial charge < -0.3 is 4.79 Å². The van der Waals surface area contributed by atoms with Crippen molar-refractivity contribution in [2.24, 2.45) is 5.92 Å². The van der Waals surface area contributed by atoms with Crippen molar-refractivity contribution < 1.29 is 4.79 Å². The van der Waals surface area contributed by atoms with Crippen LogP contribution in [0.2, 0.25) is 0 Å². The highest BCUT2D eigenvalue weighted by atomic mass is 16.1. The summed E-state index contributed by atoms with van der Waals surface area (Å²) in [5, 5.41) is 0. The Kier molecular flexibility index (Phi) is 3.14. The molecule has 1 aromatic rings. The molecule has 1 saturated heterocycles. The van der Waals surface area contributed by atoms with Crippen molar-refractivity contribution in [2.45, 2.75) is 25.4 Å². The molecule has 0 aliphatic carbocycles. The Balaban J connectivity index is 2.07. The second-order valence-corrected chi connectivity index (χ2v) is 4.09. The largest absolute Gasteiger partial charge is 0.302 e. The van der Waals surface area contributed by atoms with Crippen molar-refractivity contribution in [3.63, 3.8) is 0 Å². The van der Waals surface area contributed by atoms with Crippen molar-refractivity contribution in [3.05, 3.63) is 35.9 Å². The van der Waals surface area contributed by atoms with Gasteiger partial charge in [-0.3, -0.25) is 5.43 Å². The molecule has 1 aliphatic heterocycles. The quantitative estimate of drug-likeness (QED) is 0.719. The summed E-state index contributed by atoms with van der Waals surface area (Å²) >= 11 is 0. The van der Waals surface area contributed by atoms with Crippen LogP contribution in [0.3, 0.4) is 0 Å². The number of carbonyl (C=O) groups excluding carboxylic acids is 1. The SMILES string of the molecule is CC1NNC(C=O)C1Cc1ccccc1. The first-order valence-electron chi connectivity index (χ1n) is 5.31. The van der Waals surface area contributed by atoms with Crippen LogP contribution in [0.15, 0.2) is 30.3 Å². The van der Waals surface area contributed by atoms with Crippen LogP contribution in [0.4, 0.5) is 0 Å². The molecule has 1 aromatic carbocycles. The highest BCUT2D eigenvalue weighted by Crippen LogP contribution is 2.18. The monoisotopic (exact) mass is 204 g/mol. The molecule has 3 nitrogen and oxygen atoms in total. The van der Waals surface area contributed by atoms with Crippen LogP contribution in [0.1, 0.15) is 12.5 Å². The molecule has 0 aromatic heterocycles. The fraction of sp³-hybridized carbons (Fsp3) is 0.417. The minimum absolute atomic E-state index is 0.0693. The molecule has 80 valence electrons. The summed E-state index contributed by atoms with van der Waals surface area (Å²) in [5.74, 6) is 0.338. The van der Waals surface area contributed by atoms with Crippen molar-refractivity contribution in [1.82, 2.24) is 10.9 Å². The van der Waals surface area contributed by atoms with Crippen molar-refractivity contribution in [2.75, 3.05) is 0 Å². The zero-order valence-electron chi connectivity index (χ0n) is 8.81. The molecule has 0 spiro atoms. The van der Waals surface area contributed by atoms with E-state index >= 15 is 0 Å². The molecule has 15 heavy (non-hydrogen) atoms. The average Bonchev–Trinajstić information content (AvgIpc) is 2.62. The number of carbonyl (C=O) groups is 1. The number of hydrazine groups is 1. The third-order valence-corrected chi connectivity index (χ3v) is 3.04. The second-order valence-electron chi connectivity index (χ2n) is 4.09. The first-order valence-corrected chi connectivity index (χ1v) is 5.31. The Morgan fingerprint density at radius 1 is 1.27 bits per heavy atom. The van der Waals surface area contributed by atoms with E-state index in [1.807, 2.05) is 18.2 Å². The van der Waals surface area contributed by atoms with Crippen LogP contribution in [-0.4, -0.2) is 18.4 Å². The smallest absolute Gasteiger partial charge is 0.138 e. The predicted octanol–water partition coefficient (Wildman–Crippen LogP) is 0.909. The van der Waals surface area contributed by atoms with Crippen LogP contribution in [-0.2, 0) is 11.2 Å². The molecule has 0 saturated carbocycles. The lowest BCUT2D eigenvalue weighted by atomic mass is 9.89.